The van der Waals surface area contributed by atoms with Crippen LogP contribution in [0.1, 0.15) is 92.9 Å². The second kappa shape index (κ2) is 7.33. The van der Waals surface area contributed by atoms with Crippen LogP contribution in [0.5, 0.6) is 0 Å². The average Bonchev–Trinajstić information content (AvgIpc) is 3.18. The largest absolute Gasteiger partial charge is 0.481 e. The molecule has 0 amide bonds. The first-order valence-electron chi connectivity index (χ1n) is 13.7. The van der Waals surface area contributed by atoms with Crippen molar-refractivity contribution < 1.29 is 14.7 Å². The molecule has 4 nitrogen and oxygen atoms in total. The highest BCUT2D eigenvalue weighted by molar-refractivity contribution is 6.02. The number of aliphatic carboxylic acids is 1. The standard InChI is InChI=1S/C31H43NO3/c1-18(2)19-11-14-31(26(34)35)16-15-29(6)20(24(19)31)9-10-23-28(5)17-21(32-8)25(33)27(3,4)22(28)12-13-30(23,29)7/h17,19-20,22-24H,1,9-16H2,2-7H3,(H,34,35)/t19-,20+,22-,23+,24+,28-,29+,30+,31-/m0/s1. The van der Waals surface area contributed by atoms with Gasteiger partial charge in [-0.3, -0.25) is 4.79 Å². The van der Waals surface area contributed by atoms with Gasteiger partial charge in [0, 0.05) is 5.41 Å². The van der Waals surface area contributed by atoms with Gasteiger partial charge in [0.1, 0.15) is 0 Å². The van der Waals surface area contributed by atoms with Crippen LogP contribution in [0.3, 0.4) is 0 Å². The summed E-state index contributed by atoms with van der Waals surface area (Å²) in [6.45, 7) is 25.6. The molecule has 190 valence electrons. The Morgan fingerprint density at radius 2 is 1.69 bits per heavy atom. The summed E-state index contributed by atoms with van der Waals surface area (Å²) in [5.74, 6) is 0.885. The van der Waals surface area contributed by atoms with E-state index in [0.717, 1.165) is 56.9 Å². The van der Waals surface area contributed by atoms with E-state index in [2.05, 4.69) is 59.0 Å². The van der Waals surface area contributed by atoms with Crippen molar-refractivity contribution in [3.05, 3.63) is 35.3 Å². The van der Waals surface area contributed by atoms with Gasteiger partial charge in [-0.15, -0.1) is 0 Å². The lowest BCUT2D eigenvalue weighted by Crippen LogP contribution is -2.66. The molecule has 4 saturated carbocycles. The van der Waals surface area contributed by atoms with E-state index in [1.807, 2.05) is 0 Å². The SMILES string of the molecule is [C-]#[N+]C1=C[C@]2(C)[C@H]3CC[C@@H]4[C@H]5[C@H](C(=C)C)CC[C@]5(C(=O)O)CC[C@@]4(C)[C@]3(C)CC[C@H]2C(C)(C)C1=O. The van der Waals surface area contributed by atoms with E-state index in [1.165, 1.54) is 0 Å². The summed E-state index contributed by atoms with van der Waals surface area (Å²) < 4.78 is 0. The lowest BCUT2D eigenvalue weighted by molar-refractivity contribution is -0.221. The molecule has 0 heterocycles. The molecule has 5 aliphatic rings. The Labute approximate surface area is 211 Å². The molecule has 5 rings (SSSR count). The summed E-state index contributed by atoms with van der Waals surface area (Å²) in [5.41, 5.74) is 0.262. The molecular formula is C31H43NO3. The minimum absolute atomic E-state index is 0.0117. The number of allylic oxidation sites excluding steroid dienone is 3. The van der Waals surface area contributed by atoms with Gasteiger partial charge >= 0.3 is 5.97 Å². The Kier molecular flexibility index (Phi) is 5.19. The van der Waals surface area contributed by atoms with Crippen molar-refractivity contribution in [1.29, 1.82) is 0 Å². The van der Waals surface area contributed by atoms with Gasteiger partial charge in [-0.2, -0.15) is 0 Å². The van der Waals surface area contributed by atoms with E-state index in [1.54, 1.807) is 0 Å². The van der Waals surface area contributed by atoms with Crippen LogP contribution < -0.4 is 0 Å². The van der Waals surface area contributed by atoms with Gasteiger partial charge in [0.15, 0.2) is 5.78 Å². The van der Waals surface area contributed by atoms with Crippen molar-refractivity contribution in [3.8, 4) is 0 Å². The fourth-order valence-electron chi connectivity index (χ4n) is 11.1. The topological polar surface area (TPSA) is 58.7 Å². The molecular weight excluding hydrogens is 434 g/mol. The first-order valence-corrected chi connectivity index (χ1v) is 13.7. The van der Waals surface area contributed by atoms with E-state index in [-0.39, 0.29) is 33.9 Å². The minimum atomic E-state index is -0.603. The summed E-state index contributed by atoms with van der Waals surface area (Å²) >= 11 is 0. The highest BCUT2D eigenvalue weighted by Gasteiger charge is 2.71. The predicted octanol–water partition coefficient (Wildman–Crippen LogP) is 7.32. The quantitative estimate of drug-likeness (QED) is 0.335. The molecule has 4 fully saturated rings. The Morgan fingerprint density at radius 3 is 2.29 bits per heavy atom. The number of carbonyl (C=O) groups is 2. The number of ketones is 1. The zero-order valence-corrected chi connectivity index (χ0v) is 22.5. The van der Waals surface area contributed by atoms with Crippen LogP contribution in [0.4, 0.5) is 0 Å². The van der Waals surface area contributed by atoms with Gasteiger partial charge in [-0.25, -0.2) is 4.85 Å². The summed E-state index contributed by atoms with van der Waals surface area (Å²) in [6.07, 6.45) is 9.68. The number of fused-ring (bicyclic) bond motifs is 7. The van der Waals surface area contributed by atoms with Gasteiger partial charge in [0.05, 0.1) is 12.0 Å². The normalized spacial score (nSPS) is 50.0. The molecule has 0 radical (unpaired) electrons. The fourth-order valence-corrected chi connectivity index (χ4v) is 11.1. The van der Waals surface area contributed by atoms with Crippen molar-refractivity contribution in [2.75, 3.05) is 0 Å². The maximum atomic E-state index is 13.2. The van der Waals surface area contributed by atoms with E-state index in [4.69, 9.17) is 6.57 Å². The molecule has 0 saturated heterocycles. The molecule has 35 heavy (non-hydrogen) atoms. The molecule has 0 bridgehead atoms. The van der Waals surface area contributed by atoms with Crippen LogP contribution in [0.25, 0.3) is 4.85 Å². The summed E-state index contributed by atoms with van der Waals surface area (Å²) in [4.78, 5) is 29.7. The third-order valence-corrected chi connectivity index (χ3v) is 12.9. The van der Waals surface area contributed by atoms with Gasteiger partial charge in [-0.1, -0.05) is 52.8 Å². The maximum Gasteiger partial charge on any atom is 0.309 e. The third kappa shape index (κ3) is 2.79. The van der Waals surface area contributed by atoms with Crippen LogP contribution in [-0.4, -0.2) is 16.9 Å². The summed E-state index contributed by atoms with van der Waals surface area (Å²) in [6, 6.07) is 0. The number of carboxylic acids is 1. The number of nitrogens with zero attached hydrogens (tertiary/aromatic N) is 1. The predicted molar refractivity (Wildman–Crippen MR) is 137 cm³/mol. The van der Waals surface area contributed by atoms with Crippen molar-refractivity contribution in [1.82, 2.24) is 0 Å². The monoisotopic (exact) mass is 477 g/mol. The maximum absolute atomic E-state index is 13.2. The smallest absolute Gasteiger partial charge is 0.309 e. The molecule has 0 spiro atoms. The van der Waals surface area contributed by atoms with Crippen LogP contribution in [0, 0.1) is 63.2 Å². The summed E-state index contributed by atoms with van der Waals surface area (Å²) in [5, 5.41) is 10.5. The molecule has 0 unspecified atom stereocenters. The fraction of sp³-hybridized carbons (Fsp3) is 0.774. The van der Waals surface area contributed by atoms with E-state index in [0.29, 0.717) is 23.5 Å². The van der Waals surface area contributed by atoms with Gasteiger partial charge in [0.2, 0.25) is 5.70 Å². The van der Waals surface area contributed by atoms with Crippen LogP contribution in [0.2, 0.25) is 0 Å². The number of hydrogen-bond acceptors (Lipinski definition) is 2. The molecule has 0 aromatic rings. The van der Waals surface area contributed by atoms with Gasteiger partial charge in [0.25, 0.3) is 0 Å². The van der Waals surface area contributed by atoms with Crippen molar-refractivity contribution in [2.24, 2.45) is 56.7 Å². The van der Waals surface area contributed by atoms with Gasteiger partial charge in [-0.05, 0) is 104 Å². The molecule has 0 aliphatic heterocycles. The number of carbonyl (C=O) groups excluding carboxylic acids is 1. The third-order valence-electron chi connectivity index (χ3n) is 12.9. The minimum Gasteiger partial charge on any atom is -0.481 e. The Hall–Kier alpha value is -1.89. The van der Waals surface area contributed by atoms with E-state index in [9.17, 15) is 14.7 Å². The number of hydrogen-bond donors (Lipinski definition) is 1. The van der Waals surface area contributed by atoms with Crippen molar-refractivity contribution in [3.63, 3.8) is 0 Å². The van der Waals surface area contributed by atoms with E-state index >= 15 is 0 Å². The molecule has 1 N–H and O–H groups in total. The molecule has 0 aromatic heterocycles. The van der Waals surface area contributed by atoms with Crippen LogP contribution in [-0.2, 0) is 9.59 Å². The van der Waals surface area contributed by atoms with Gasteiger partial charge < -0.3 is 9.90 Å². The zero-order valence-electron chi connectivity index (χ0n) is 22.5. The zero-order chi connectivity index (χ0) is 25.8. The second-order valence-corrected chi connectivity index (χ2v) is 14.2. The Balaban J connectivity index is 1.62. The van der Waals surface area contributed by atoms with Crippen LogP contribution in [0.15, 0.2) is 23.9 Å². The molecule has 5 aliphatic carbocycles. The molecule has 9 atom stereocenters. The van der Waals surface area contributed by atoms with E-state index < -0.39 is 16.8 Å². The number of rotatable bonds is 2. The molecule has 0 aromatic carbocycles. The second-order valence-electron chi connectivity index (χ2n) is 14.2. The first-order chi connectivity index (χ1) is 16.2. The average molecular weight is 478 g/mol. The summed E-state index contributed by atoms with van der Waals surface area (Å²) in [7, 11) is 0. The molecule has 4 heteroatoms. The first kappa shape index (κ1) is 24.8. The van der Waals surface area contributed by atoms with Crippen molar-refractivity contribution in [2.45, 2.75) is 92.9 Å². The lowest BCUT2D eigenvalue weighted by atomic mass is 9.33. The Morgan fingerprint density at radius 1 is 1.00 bits per heavy atom. The number of Topliss-reactive ketones (excluding diaryl/α,β-unsaturated/α-hetero) is 1. The highest BCUT2D eigenvalue weighted by atomic mass is 16.4. The lowest BCUT2D eigenvalue weighted by Gasteiger charge is -2.71. The van der Waals surface area contributed by atoms with Crippen molar-refractivity contribution >= 4 is 11.8 Å². The van der Waals surface area contributed by atoms with Crippen LogP contribution >= 0.6 is 0 Å². The highest BCUT2D eigenvalue weighted by Crippen LogP contribution is 2.77. The Bertz CT molecular complexity index is 1080. The number of carboxylic acid groups (broad SMARTS) is 1.